The number of fused-ring (bicyclic) bond motifs is 16. The Hall–Kier alpha value is -15.1. The highest BCUT2D eigenvalue weighted by molar-refractivity contribution is 9.10. The summed E-state index contributed by atoms with van der Waals surface area (Å²) in [5, 5.41) is 0. The van der Waals surface area contributed by atoms with Crippen molar-refractivity contribution in [1.29, 1.82) is 0 Å². The summed E-state index contributed by atoms with van der Waals surface area (Å²) in [4.78, 5) is 9.36. The molecule has 6 aliphatic rings. The maximum atomic E-state index is 6.93. The minimum Gasteiger partial charge on any atom is -0.458 e. The first-order chi connectivity index (χ1) is 63.4. The third-order valence-corrected chi connectivity index (χ3v) is 28.5. The Labute approximate surface area is 769 Å². The molecule has 0 unspecified atom stereocenters. The van der Waals surface area contributed by atoms with E-state index >= 15 is 0 Å². The van der Waals surface area contributed by atoms with Gasteiger partial charge in [-0.25, -0.2) is 0 Å². The molecule has 130 heavy (non-hydrogen) atoms. The third kappa shape index (κ3) is 13.2. The Balaban J connectivity index is 0.000000148. The maximum absolute atomic E-state index is 6.93. The van der Waals surface area contributed by atoms with Crippen molar-refractivity contribution in [2.45, 2.75) is 77.0 Å². The van der Waals surface area contributed by atoms with Gasteiger partial charge in [-0.3, -0.25) is 0 Å². The summed E-state index contributed by atoms with van der Waals surface area (Å²) in [5.41, 5.74) is 36.2. The molecule has 8 nitrogen and oxygen atoms in total. The van der Waals surface area contributed by atoms with E-state index in [9.17, 15) is 0 Å². The molecule has 0 radical (unpaired) electrons. The smallest absolute Gasteiger partial charge is 0.260 e. The Kier molecular flexibility index (Phi) is 19.1. The predicted octanol–water partition coefficient (Wildman–Crippen LogP) is 31.6. The second-order valence-electron chi connectivity index (χ2n) is 36.8. The number of hydrogen-bond donors (Lipinski definition) is 0. The normalized spacial score (nSPS) is 14.1. The lowest BCUT2D eigenvalue weighted by atomic mass is 9.34. The molecular formula is C120H92BBrN4O4. The summed E-state index contributed by atoms with van der Waals surface area (Å²) in [6.45, 7) is 18.7. The van der Waals surface area contributed by atoms with Crippen molar-refractivity contribution in [3.05, 3.63) is 461 Å². The van der Waals surface area contributed by atoms with Gasteiger partial charge in [0, 0.05) is 95.4 Å². The fourth-order valence-corrected chi connectivity index (χ4v) is 21.7. The summed E-state index contributed by atoms with van der Waals surface area (Å²) in [7, 11) is 0. The van der Waals surface area contributed by atoms with Crippen LogP contribution in [0, 0.1) is 0 Å². The monoisotopic (exact) mass is 1740 g/mol. The Bertz CT molecular complexity index is 6910. The van der Waals surface area contributed by atoms with Gasteiger partial charge in [0.2, 0.25) is 0 Å². The first kappa shape index (κ1) is 79.5. The molecule has 626 valence electrons. The van der Waals surface area contributed by atoms with Gasteiger partial charge >= 0.3 is 0 Å². The number of rotatable bonds is 16. The highest BCUT2D eigenvalue weighted by Gasteiger charge is 2.47. The SMILES string of the molecule is CC1(C)c2cc(N(c3ccccc3)c3ccccc3)ccc2-c2cc3c(cc21)B1c2cc4c(cc2Oc2cccc(c21)O3)-c1ccc(N(c2ccccc2)c2ccccc2)cc1C4(C)C.CC1(C)c2ccc(Oc3cccc(Oc4ccc5c(c4)-c4ccc(N(c6ccccc6)c6ccccc6)cc4C5(C)C)c3Br)cc2-c2ccc(N(c3ccccc3)c3ccccc3)cc21. The minimum absolute atomic E-state index is 0.0623. The van der Waals surface area contributed by atoms with Crippen LogP contribution in [0.25, 0.3) is 44.5 Å². The number of halogens is 1. The van der Waals surface area contributed by atoms with Gasteiger partial charge in [-0.05, 0) is 322 Å². The number of para-hydroxylation sites is 8. The summed E-state index contributed by atoms with van der Waals surface area (Å²) < 4.78 is 28.0. The fourth-order valence-electron chi connectivity index (χ4n) is 21.3. The predicted molar refractivity (Wildman–Crippen MR) is 540 cm³/mol. The number of benzene rings is 18. The van der Waals surface area contributed by atoms with Gasteiger partial charge in [0.15, 0.2) is 0 Å². The van der Waals surface area contributed by atoms with Gasteiger partial charge in [0.25, 0.3) is 6.71 Å². The van der Waals surface area contributed by atoms with E-state index in [0.717, 1.165) is 113 Å². The van der Waals surface area contributed by atoms with E-state index in [1.165, 1.54) is 99.9 Å². The standard InChI is InChI=1S/C60H45BN2O2.C60H47BrN2O2/c1-59(2)48-32-42(62(38-18-9-5-10-19-38)39-20-11-6-12-21-39)28-30-44(48)46-34-56-52(36-50(46)59)61-53-37-51-47(35-57(53)65-55-27-17-26-54(64-56)58(55)61)45-31-29-43(33-49(45)60(51,3)4)63(40-22-13-7-14-23-40)41-24-15-8-16-25-41;1-59(2)52-34-30-46(38-50(52)48-32-28-44(36-54(48)59)62(40-18-9-5-10-19-40)41-20-11-6-12-21-41)64-56-26-17-27-57(58(56)61)65-47-31-35-53-51(39-47)49-33-29-45(37-55(49)60(53,3)4)63(42-22-13-7-14-23-42)43-24-15-8-16-25-43/h5-37H,1-4H3;5-39H,1-4H3. The summed E-state index contributed by atoms with van der Waals surface area (Å²) in [6.07, 6.45) is 0. The highest BCUT2D eigenvalue weighted by atomic mass is 79.9. The van der Waals surface area contributed by atoms with Gasteiger partial charge in [0.1, 0.15) is 50.5 Å². The van der Waals surface area contributed by atoms with E-state index in [0.29, 0.717) is 11.5 Å². The second kappa shape index (κ2) is 31.1. The van der Waals surface area contributed by atoms with Crippen molar-refractivity contribution in [3.8, 4) is 90.5 Å². The van der Waals surface area contributed by atoms with Crippen LogP contribution >= 0.6 is 15.9 Å². The molecule has 0 N–H and O–H groups in total. The van der Waals surface area contributed by atoms with Crippen LogP contribution in [0.3, 0.4) is 0 Å². The molecule has 18 aromatic carbocycles. The summed E-state index contributed by atoms with van der Waals surface area (Å²) in [6, 6.07) is 147. The highest BCUT2D eigenvalue weighted by Crippen LogP contribution is 2.59. The fraction of sp³-hybridized carbons (Fsp3) is 0.100. The van der Waals surface area contributed by atoms with Crippen LogP contribution in [0.5, 0.6) is 46.0 Å². The zero-order valence-corrected chi connectivity index (χ0v) is 75.2. The first-order valence-electron chi connectivity index (χ1n) is 44.9. The average molecular weight is 1740 g/mol. The summed E-state index contributed by atoms with van der Waals surface area (Å²) >= 11 is 3.87. The van der Waals surface area contributed by atoms with E-state index < -0.39 is 0 Å². The molecule has 0 bridgehead atoms. The Morgan fingerprint density at radius 1 is 0.215 bits per heavy atom. The number of ether oxygens (including phenoxy) is 4. The zero-order chi connectivity index (χ0) is 87.9. The van der Waals surface area contributed by atoms with Gasteiger partial charge in [-0.15, -0.1) is 0 Å². The maximum Gasteiger partial charge on any atom is 0.260 e. The number of nitrogens with zero attached hydrogens (tertiary/aromatic N) is 4. The number of hydrogen-bond acceptors (Lipinski definition) is 8. The first-order valence-corrected chi connectivity index (χ1v) is 45.7. The van der Waals surface area contributed by atoms with E-state index in [-0.39, 0.29) is 28.4 Å². The van der Waals surface area contributed by atoms with Crippen molar-refractivity contribution < 1.29 is 18.9 Å². The summed E-state index contributed by atoms with van der Waals surface area (Å²) in [5.74, 6) is 6.41. The number of anilines is 12. The molecule has 2 aliphatic heterocycles. The van der Waals surface area contributed by atoms with Crippen LogP contribution in [-0.4, -0.2) is 6.71 Å². The third-order valence-electron chi connectivity index (χ3n) is 27.8. The largest absolute Gasteiger partial charge is 0.458 e. The molecule has 4 aliphatic carbocycles. The quantitative estimate of drug-likeness (QED) is 0.0887. The average Bonchev–Trinajstić information content (AvgIpc) is 1.68. The van der Waals surface area contributed by atoms with E-state index in [4.69, 9.17) is 18.9 Å². The van der Waals surface area contributed by atoms with E-state index in [1.807, 2.05) is 18.2 Å². The lowest BCUT2D eigenvalue weighted by molar-refractivity contribution is 0.454. The van der Waals surface area contributed by atoms with Crippen LogP contribution in [0.1, 0.15) is 99.9 Å². The molecule has 2 heterocycles. The van der Waals surface area contributed by atoms with Crippen molar-refractivity contribution >= 4 is 107 Å². The van der Waals surface area contributed by atoms with Crippen LogP contribution in [0.4, 0.5) is 68.2 Å². The molecule has 0 spiro atoms. The molecular weight excluding hydrogens is 1650 g/mol. The molecule has 0 atom stereocenters. The van der Waals surface area contributed by atoms with Crippen molar-refractivity contribution in [3.63, 3.8) is 0 Å². The van der Waals surface area contributed by atoms with Crippen molar-refractivity contribution in [2.24, 2.45) is 0 Å². The molecule has 18 aromatic rings. The molecule has 24 rings (SSSR count). The van der Waals surface area contributed by atoms with Crippen LogP contribution in [0.2, 0.25) is 0 Å². The van der Waals surface area contributed by atoms with Gasteiger partial charge < -0.3 is 38.5 Å². The van der Waals surface area contributed by atoms with E-state index in [1.54, 1.807) is 0 Å². The topological polar surface area (TPSA) is 49.9 Å². The molecule has 0 saturated carbocycles. The second-order valence-corrected chi connectivity index (χ2v) is 37.6. The Morgan fingerprint density at radius 2 is 0.462 bits per heavy atom. The lowest BCUT2D eigenvalue weighted by Crippen LogP contribution is -2.57. The molecule has 0 aromatic heterocycles. The van der Waals surface area contributed by atoms with Crippen LogP contribution in [-0.2, 0) is 21.7 Å². The van der Waals surface area contributed by atoms with Gasteiger partial charge in [0.05, 0.1) is 0 Å². The molecule has 0 fully saturated rings. The minimum atomic E-state index is -0.269. The molecule has 0 amide bonds. The van der Waals surface area contributed by atoms with Gasteiger partial charge in [-0.2, -0.15) is 0 Å². The lowest BCUT2D eigenvalue weighted by Gasteiger charge is -2.35. The molecule has 10 heteroatoms. The molecule has 0 saturated heterocycles. The van der Waals surface area contributed by atoms with Crippen molar-refractivity contribution in [2.75, 3.05) is 19.6 Å². The Morgan fingerprint density at radius 3 is 0.738 bits per heavy atom. The van der Waals surface area contributed by atoms with Crippen molar-refractivity contribution in [1.82, 2.24) is 0 Å². The van der Waals surface area contributed by atoms with E-state index in [2.05, 4.69) is 485 Å². The van der Waals surface area contributed by atoms with Gasteiger partial charge in [-0.1, -0.05) is 262 Å². The van der Waals surface area contributed by atoms with Crippen LogP contribution < -0.4 is 54.9 Å². The zero-order valence-electron chi connectivity index (χ0n) is 73.6. The van der Waals surface area contributed by atoms with Crippen LogP contribution in [0.15, 0.2) is 417 Å².